The second-order valence-corrected chi connectivity index (χ2v) is 3.11. The summed E-state index contributed by atoms with van der Waals surface area (Å²) in [4.78, 5) is 18.8. The zero-order valence-corrected chi connectivity index (χ0v) is 9.76. The van der Waals surface area contributed by atoms with Crippen molar-refractivity contribution in [3.8, 4) is 0 Å². The number of hydrogen-bond donors (Lipinski definition) is 2. The number of nitrogens with zero attached hydrogens (tertiary/aromatic N) is 2. The van der Waals surface area contributed by atoms with Gasteiger partial charge in [-0.3, -0.25) is 0 Å². The van der Waals surface area contributed by atoms with E-state index >= 15 is 0 Å². The van der Waals surface area contributed by atoms with E-state index in [9.17, 15) is 9.18 Å². The fraction of sp³-hybridized carbons (Fsp3) is 0.182. The summed E-state index contributed by atoms with van der Waals surface area (Å²) in [5, 5.41) is 0. The van der Waals surface area contributed by atoms with Crippen molar-refractivity contribution in [1.29, 1.82) is 0 Å². The lowest BCUT2D eigenvalue weighted by Gasteiger charge is -2.05. The standard InChI is InChI=1S/C11H13FN4O2/c1-2-18-11(17)7(6-13)9(14)16-10-8(12)4-3-5-15-10/h3-6H,2,13H2,1H3,(H2,14,15,16). The molecule has 1 heterocycles. The zero-order valence-electron chi connectivity index (χ0n) is 9.76. The second-order valence-electron chi connectivity index (χ2n) is 3.11. The Morgan fingerprint density at radius 3 is 2.94 bits per heavy atom. The van der Waals surface area contributed by atoms with Crippen LogP contribution in [0.5, 0.6) is 0 Å². The third-order valence-corrected chi connectivity index (χ3v) is 1.90. The van der Waals surface area contributed by atoms with E-state index < -0.39 is 11.8 Å². The van der Waals surface area contributed by atoms with Crippen LogP contribution in [-0.2, 0) is 9.53 Å². The molecular weight excluding hydrogens is 239 g/mol. The molecule has 96 valence electrons. The molecule has 1 aromatic heterocycles. The van der Waals surface area contributed by atoms with Crippen LogP contribution in [0.25, 0.3) is 0 Å². The molecule has 0 radical (unpaired) electrons. The molecule has 0 fully saturated rings. The Morgan fingerprint density at radius 2 is 2.39 bits per heavy atom. The van der Waals surface area contributed by atoms with Gasteiger partial charge in [-0.1, -0.05) is 0 Å². The molecule has 1 rings (SSSR count). The van der Waals surface area contributed by atoms with Gasteiger partial charge in [-0.05, 0) is 19.1 Å². The summed E-state index contributed by atoms with van der Waals surface area (Å²) in [7, 11) is 0. The predicted octanol–water partition coefficient (Wildman–Crippen LogP) is 0.615. The maximum atomic E-state index is 13.3. The number of hydrogen-bond acceptors (Lipinski definition) is 5. The molecule has 7 heteroatoms. The average Bonchev–Trinajstić information content (AvgIpc) is 2.33. The van der Waals surface area contributed by atoms with Gasteiger partial charge in [-0.2, -0.15) is 0 Å². The molecule has 0 amide bonds. The number of esters is 1. The smallest absolute Gasteiger partial charge is 0.343 e. The number of aromatic nitrogens is 1. The Kier molecular flexibility index (Phi) is 4.79. The van der Waals surface area contributed by atoms with Gasteiger partial charge in [0.25, 0.3) is 0 Å². The van der Waals surface area contributed by atoms with E-state index in [1.165, 1.54) is 18.3 Å². The van der Waals surface area contributed by atoms with Crippen molar-refractivity contribution in [2.45, 2.75) is 6.92 Å². The Hall–Kier alpha value is -2.44. The maximum absolute atomic E-state index is 13.3. The van der Waals surface area contributed by atoms with E-state index in [1.54, 1.807) is 6.92 Å². The van der Waals surface area contributed by atoms with Crippen molar-refractivity contribution in [2.75, 3.05) is 6.61 Å². The number of ether oxygens (including phenoxy) is 1. The van der Waals surface area contributed by atoms with Crippen LogP contribution in [0.3, 0.4) is 0 Å². The van der Waals surface area contributed by atoms with E-state index in [2.05, 4.69) is 9.98 Å². The minimum absolute atomic E-state index is 0.137. The topological polar surface area (TPSA) is 104 Å². The molecule has 0 bridgehead atoms. The molecular formula is C11H13FN4O2. The van der Waals surface area contributed by atoms with Gasteiger partial charge < -0.3 is 16.2 Å². The van der Waals surface area contributed by atoms with E-state index in [1.807, 2.05) is 0 Å². The van der Waals surface area contributed by atoms with Gasteiger partial charge in [-0.25, -0.2) is 19.2 Å². The molecule has 0 aliphatic carbocycles. The molecule has 0 saturated carbocycles. The lowest BCUT2D eigenvalue weighted by atomic mass is 10.2. The lowest BCUT2D eigenvalue weighted by Crippen LogP contribution is -2.24. The number of aliphatic imine (C=N–C) groups is 1. The number of carbonyl (C=O) groups is 1. The van der Waals surface area contributed by atoms with Gasteiger partial charge in [-0.15, -0.1) is 0 Å². The van der Waals surface area contributed by atoms with Crippen LogP contribution >= 0.6 is 0 Å². The van der Waals surface area contributed by atoms with Gasteiger partial charge >= 0.3 is 5.97 Å². The summed E-state index contributed by atoms with van der Waals surface area (Å²) in [5.74, 6) is -1.86. The number of nitrogens with two attached hydrogens (primary N) is 2. The van der Waals surface area contributed by atoms with Crippen molar-refractivity contribution in [3.63, 3.8) is 0 Å². The molecule has 0 aliphatic heterocycles. The minimum Gasteiger partial charge on any atom is -0.462 e. The Labute approximate surface area is 103 Å². The molecule has 0 saturated heterocycles. The molecule has 0 spiro atoms. The molecule has 18 heavy (non-hydrogen) atoms. The Morgan fingerprint density at radius 1 is 1.67 bits per heavy atom. The summed E-state index contributed by atoms with van der Waals surface area (Å²) in [6, 6.07) is 2.59. The van der Waals surface area contributed by atoms with Crippen LogP contribution in [0.1, 0.15) is 6.92 Å². The SMILES string of the molecule is CCOC(=O)C(=CN)C(N)=Nc1ncccc1F. The lowest BCUT2D eigenvalue weighted by molar-refractivity contribution is -0.137. The maximum Gasteiger partial charge on any atom is 0.343 e. The number of carbonyl (C=O) groups excluding carboxylic acids is 1. The second kappa shape index (κ2) is 6.33. The monoisotopic (exact) mass is 252 g/mol. The number of rotatable bonds is 4. The molecule has 1 aromatic rings. The first-order chi connectivity index (χ1) is 8.60. The molecule has 0 unspecified atom stereocenters. The van der Waals surface area contributed by atoms with Crippen molar-refractivity contribution in [1.82, 2.24) is 4.98 Å². The van der Waals surface area contributed by atoms with Gasteiger partial charge in [0.1, 0.15) is 11.4 Å². The van der Waals surface area contributed by atoms with Gasteiger partial charge in [0.05, 0.1) is 6.61 Å². The summed E-state index contributed by atoms with van der Waals surface area (Å²) < 4.78 is 18.0. The number of amidine groups is 1. The van der Waals surface area contributed by atoms with Crippen molar-refractivity contribution in [2.24, 2.45) is 16.5 Å². The van der Waals surface area contributed by atoms with Crippen molar-refractivity contribution < 1.29 is 13.9 Å². The molecule has 0 aliphatic rings. The number of halogens is 1. The van der Waals surface area contributed by atoms with E-state index in [0.717, 1.165) is 6.20 Å². The van der Waals surface area contributed by atoms with Crippen LogP contribution in [-0.4, -0.2) is 23.4 Å². The Balaban J connectivity index is 3.02. The summed E-state index contributed by atoms with van der Waals surface area (Å²) in [6.45, 7) is 1.80. The van der Waals surface area contributed by atoms with E-state index in [0.29, 0.717) is 0 Å². The van der Waals surface area contributed by atoms with E-state index in [-0.39, 0.29) is 23.8 Å². The first-order valence-corrected chi connectivity index (χ1v) is 5.14. The minimum atomic E-state index is -0.724. The van der Waals surface area contributed by atoms with Gasteiger partial charge in [0.2, 0.25) is 0 Å². The van der Waals surface area contributed by atoms with Crippen LogP contribution in [0.2, 0.25) is 0 Å². The highest BCUT2D eigenvalue weighted by atomic mass is 19.1. The first-order valence-electron chi connectivity index (χ1n) is 5.14. The highest BCUT2D eigenvalue weighted by Crippen LogP contribution is 2.13. The largest absolute Gasteiger partial charge is 0.462 e. The Bertz CT molecular complexity index is 500. The van der Waals surface area contributed by atoms with Crippen LogP contribution in [0.4, 0.5) is 10.2 Å². The van der Waals surface area contributed by atoms with Crippen LogP contribution in [0.15, 0.2) is 35.1 Å². The highest BCUT2D eigenvalue weighted by molar-refractivity contribution is 6.18. The third kappa shape index (κ3) is 3.27. The zero-order chi connectivity index (χ0) is 13.5. The molecule has 0 aromatic carbocycles. The predicted molar refractivity (Wildman–Crippen MR) is 64.4 cm³/mol. The van der Waals surface area contributed by atoms with Gasteiger partial charge in [0.15, 0.2) is 11.6 Å². The highest BCUT2D eigenvalue weighted by Gasteiger charge is 2.15. The average molecular weight is 252 g/mol. The molecule has 4 N–H and O–H groups in total. The summed E-state index contributed by atoms with van der Waals surface area (Å²) >= 11 is 0. The molecule has 0 atom stereocenters. The fourth-order valence-electron chi connectivity index (χ4n) is 1.10. The normalized spacial score (nSPS) is 12.3. The third-order valence-electron chi connectivity index (χ3n) is 1.90. The van der Waals surface area contributed by atoms with Crippen molar-refractivity contribution in [3.05, 3.63) is 35.9 Å². The molecule has 6 nitrogen and oxygen atoms in total. The fourth-order valence-corrected chi connectivity index (χ4v) is 1.10. The van der Waals surface area contributed by atoms with Crippen molar-refractivity contribution >= 4 is 17.6 Å². The van der Waals surface area contributed by atoms with Crippen LogP contribution in [0, 0.1) is 5.82 Å². The summed E-state index contributed by atoms with van der Waals surface area (Å²) in [5.41, 5.74) is 10.7. The quantitative estimate of drug-likeness (QED) is 0.354. The number of pyridine rings is 1. The van der Waals surface area contributed by atoms with Crippen LogP contribution < -0.4 is 11.5 Å². The summed E-state index contributed by atoms with van der Waals surface area (Å²) in [6.07, 6.45) is 2.31. The first kappa shape index (κ1) is 13.6. The van der Waals surface area contributed by atoms with E-state index in [4.69, 9.17) is 16.2 Å². The van der Waals surface area contributed by atoms with Gasteiger partial charge in [0, 0.05) is 12.4 Å².